The summed E-state index contributed by atoms with van der Waals surface area (Å²) in [4.78, 5) is 23.3. The van der Waals surface area contributed by atoms with Gasteiger partial charge in [-0.3, -0.25) is 9.69 Å². The van der Waals surface area contributed by atoms with E-state index < -0.39 is 0 Å². The maximum atomic E-state index is 12.3. The van der Waals surface area contributed by atoms with Crippen molar-refractivity contribution in [3.63, 3.8) is 0 Å². The van der Waals surface area contributed by atoms with Crippen LogP contribution in [0.2, 0.25) is 0 Å². The molecule has 1 aromatic rings. The third kappa shape index (κ3) is 3.44. The van der Waals surface area contributed by atoms with E-state index in [2.05, 4.69) is 20.2 Å². The third-order valence-electron chi connectivity index (χ3n) is 4.55. The average Bonchev–Trinajstić information content (AvgIpc) is 3.04. The highest BCUT2D eigenvalue weighted by atomic mass is 16.5. The van der Waals surface area contributed by atoms with E-state index >= 15 is 0 Å². The van der Waals surface area contributed by atoms with Crippen LogP contribution >= 0.6 is 0 Å². The van der Waals surface area contributed by atoms with E-state index in [1.54, 1.807) is 0 Å². The van der Waals surface area contributed by atoms with E-state index in [0.29, 0.717) is 13.1 Å². The topological polar surface area (TPSA) is 67.4 Å². The number of fused-ring (bicyclic) bond motifs is 1. The van der Waals surface area contributed by atoms with Crippen LogP contribution in [-0.4, -0.2) is 52.6 Å². The Kier molecular flexibility index (Phi) is 4.69. The van der Waals surface area contributed by atoms with Crippen molar-refractivity contribution >= 4 is 5.91 Å². The zero-order valence-electron chi connectivity index (χ0n) is 13.3. The smallest absolute Gasteiger partial charge is 0.237 e. The molecule has 0 bridgehead atoms. The number of aryl methyl sites for hydroxylation is 1. The first-order valence-corrected chi connectivity index (χ1v) is 8.08. The van der Waals surface area contributed by atoms with Gasteiger partial charge in [0.1, 0.15) is 5.82 Å². The molecule has 6 nitrogen and oxygen atoms in total. The van der Waals surface area contributed by atoms with Crippen molar-refractivity contribution in [1.29, 1.82) is 0 Å². The Morgan fingerprint density at radius 2 is 2.45 bits per heavy atom. The molecule has 1 fully saturated rings. The molecule has 2 atom stereocenters. The van der Waals surface area contributed by atoms with Gasteiger partial charge in [-0.1, -0.05) is 0 Å². The largest absolute Gasteiger partial charge is 0.376 e. The molecular weight excluding hydrogens is 280 g/mol. The van der Waals surface area contributed by atoms with Crippen molar-refractivity contribution in [2.45, 2.75) is 51.8 Å². The molecule has 0 aliphatic carbocycles. The molecule has 0 spiro atoms. The number of nitrogens with zero attached hydrogens (tertiary/aromatic N) is 3. The molecule has 22 heavy (non-hydrogen) atoms. The molecule has 3 heterocycles. The first-order valence-electron chi connectivity index (χ1n) is 8.08. The molecule has 6 heteroatoms. The monoisotopic (exact) mass is 304 g/mol. The highest BCUT2D eigenvalue weighted by Gasteiger charge is 2.27. The van der Waals surface area contributed by atoms with E-state index in [0.717, 1.165) is 43.9 Å². The Bertz CT molecular complexity index is 543. The van der Waals surface area contributed by atoms with Crippen molar-refractivity contribution in [3.8, 4) is 0 Å². The molecule has 0 saturated carbocycles. The van der Waals surface area contributed by atoms with Gasteiger partial charge in [-0.25, -0.2) is 9.97 Å². The number of hydrogen-bond acceptors (Lipinski definition) is 5. The Hall–Kier alpha value is -1.53. The minimum absolute atomic E-state index is 0.0738. The van der Waals surface area contributed by atoms with E-state index in [1.807, 2.05) is 20.0 Å². The molecular formula is C16H24N4O2. The van der Waals surface area contributed by atoms with Gasteiger partial charge in [-0.05, 0) is 38.7 Å². The zero-order chi connectivity index (χ0) is 15.5. The fourth-order valence-electron chi connectivity index (χ4n) is 3.09. The van der Waals surface area contributed by atoms with Crippen molar-refractivity contribution in [2.75, 3.05) is 19.7 Å². The van der Waals surface area contributed by atoms with Crippen molar-refractivity contribution in [2.24, 2.45) is 0 Å². The molecule has 1 amide bonds. The van der Waals surface area contributed by atoms with Crippen molar-refractivity contribution in [3.05, 3.63) is 23.3 Å². The van der Waals surface area contributed by atoms with Gasteiger partial charge < -0.3 is 10.1 Å². The lowest BCUT2D eigenvalue weighted by Crippen LogP contribution is -2.48. The molecule has 120 valence electrons. The number of hydrogen-bond donors (Lipinski definition) is 1. The van der Waals surface area contributed by atoms with Crippen LogP contribution in [0, 0.1) is 6.92 Å². The van der Waals surface area contributed by atoms with E-state index in [-0.39, 0.29) is 18.1 Å². The van der Waals surface area contributed by atoms with E-state index in [4.69, 9.17) is 4.74 Å². The summed E-state index contributed by atoms with van der Waals surface area (Å²) in [6.45, 7) is 6.88. The molecule has 1 aromatic heterocycles. The van der Waals surface area contributed by atoms with Crippen LogP contribution in [0.5, 0.6) is 0 Å². The first kappa shape index (κ1) is 15.4. The molecule has 3 rings (SSSR count). The number of rotatable bonds is 4. The first-order chi connectivity index (χ1) is 10.6. The molecule has 0 radical (unpaired) electrons. The minimum atomic E-state index is -0.148. The predicted octanol–water partition coefficient (Wildman–Crippen LogP) is 0.827. The van der Waals surface area contributed by atoms with Crippen LogP contribution in [0.1, 0.15) is 36.8 Å². The highest BCUT2D eigenvalue weighted by Crippen LogP contribution is 2.18. The van der Waals surface area contributed by atoms with Crippen LogP contribution in [0.25, 0.3) is 0 Å². The molecule has 0 unspecified atom stereocenters. The fraction of sp³-hybridized carbons (Fsp3) is 0.688. The fourth-order valence-corrected chi connectivity index (χ4v) is 3.09. The van der Waals surface area contributed by atoms with Gasteiger partial charge in [0.15, 0.2) is 0 Å². The average molecular weight is 304 g/mol. The lowest BCUT2D eigenvalue weighted by Gasteiger charge is -2.32. The zero-order valence-corrected chi connectivity index (χ0v) is 13.3. The van der Waals surface area contributed by atoms with Gasteiger partial charge in [0.2, 0.25) is 5.91 Å². The number of aromatic nitrogens is 2. The SMILES string of the molecule is Cc1ncc2c(n1)CN([C@H](C)C(=O)NC[C@H]1CCCO1)CC2. The second kappa shape index (κ2) is 6.71. The third-order valence-corrected chi connectivity index (χ3v) is 4.55. The molecule has 2 aliphatic rings. The number of nitrogens with one attached hydrogen (secondary N) is 1. The maximum Gasteiger partial charge on any atom is 0.237 e. The molecule has 1 N–H and O–H groups in total. The Morgan fingerprint density at radius 1 is 1.59 bits per heavy atom. The Morgan fingerprint density at radius 3 is 3.23 bits per heavy atom. The van der Waals surface area contributed by atoms with Gasteiger partial charge in [-0.15, -0.1) is 0 Å². The summed E-state index contributed by atoms with van der Waals surface area (Å²) >= 11 is 0. The number of amides is 1. The maximum absolute atomic E-state index is 12.3. The summed E-state index contributed by atoms with van der Waals surface area (Å²) in [6.07, 6.45) is 5.14. The van der Waals surface area contributed by atoms with Crippen molar-refractivity contribution < 1.29 is 9.53 Å². The lowest BCUT2D eigenvalue weighted by molar-refractivity contribution is -0.126. The summed E-state index contributed by atoms with van der Waals surface area (Å²) in [5.74, 6) is 0.862. The van der Waals surface area contributed by atoms with Gasteiger partial charge >= 0.3 is 0 Å². The second-order valence-electron chi connectivity index (χ2n) is 6.17. The quantitative estimate of drug-likeness (QED) is 0.892. The van der Waals surface area contributed by atoms with Crippen LogP contribution in [0.15, 0.2) is 6.20 Å². The second-order valence-corrected chi connectivity index (χ2v) is 6.17. The lowest BCUT2D eigenvalue weighted by atomic mass is 10.0. The van der Waals surface area contributed by atoms with Gasteiger partial charge in [-0.2, -0.15) is 0 Å². The summed E-state index contributed by atoms with van der Waals surface area (Å²) in [6, 6.07) is -0.148. The molecule has 0 aromatic carbocycles. The number of carbonyl (C=O) groups excluding carboxylic acids is 1. The number of carbonyl (C=O) groups is 1. The van der Waals surface area contributed by atoms with E-state index in [1.165, 1.54) is 5.56 Å². The van der Waals surface area contributed by atoms with Crippen LogP contribution in [0.4, 0.5) is 0 Å². The van der Waals surface area contributed by atoms with Gasteiger partial charge in [0.05, 0.1) is 17.8 Å². The highest BCUT2D eigenvalue weighted by molar-refractivity contribution is 5.81. The Labute approximate surface area is 131 Å². The summed E-state index contributed by atoms with van der Waals surface area (Å²) in [5, 5.41) is 3.02. The minimum Gasteiger partial charge on any atom is -0.376 e. The van der Waals surface area contributed by atoms with Crippen molar-refractivity contribution in [1.82, 2.24) is 20.2 Å². The van der Waals surface area contributed by atoms with Crippen LogP contribution in [0.3, 0.4) is 0 Å². The molecule has 1 saturated heterocycles. The predicted molar refractivity (Wildman–Crippen MR) is 82.3 cm³/mol. The van der Waals surface area contributed by atoms with Crippen LogP contribution < -0.4 is 5.32 Å². The molecule has 2 aliphatic heterocycles. The van der Waals surface area contributed by atoms with Gasteiger partial charge in [0.25, 0.3) is 0 Å². The summed E-state index contributed by atoms with van der Waals surface area (Å²) < 4.78 is 5.54. The standard InChI is InChI=1S/C16H24N4O2/c1-11(16(21)18-9-14-4-3-7-22-14)20-6-5-13-8-17-12(2)19-15(13)10-20/h8,11,14H,3-7,9-10H2,1-2H3,(H,18,21)/t11-,14-/m1/s1. The van der Waals surface area contributed by atoms with Crippen LogP contribution in [-0.2, 0) is 22.5 Å². The Balaban J connectivity index is 1.55. The summed E-state index contributed by atoms with van der Waals surface area (Å²) in [7, 11) is 0. The summed E-state index contributed by atoms with van der Waals surface area (Å²) in [5.41, 5.74) is 2.26. The normalized spacial score (nSPS) is 23.1. The van der Waals surface area contributed by atoms with Gasteiger partial charge in [0, 0.05) is 32.4 Å². The number of ether oxygens (including phenoxy) is 1. The van der Waals surface area contributed by atoms with E-state index in [9.17, 15) is 4.79 Å².